The summed E-state index contributed by atoms with van der Waals surface area (Å²) in [6, 6.07) is 10.4. The molecule has 2 aromatic rings. The van der Waals surface area contributed by atoms with E-state index in [-0.39, 0.29) is 11.6 Å². The maximum atomic E-state index is 12.6. The van der Waals surface area contributed by atoms with Crippen molar-refractivity contribution in [2.75, 3.05) is 5.32 Å². The summed E-state index contributed by atoms with van der Waals surface area (Å²) in [5, 5.41) is 13.8. The van der Waals surface area contributed by atoms with Gasteiger partial charge >= 0.3 is 0 Å². The number of hydrogen-bond donors (Lipinski definition) is 1. The molecule has 1 atom stereocenters. The van der Waals surface area contributed by atoms with Crippen molar-refractivity contribution in [2.45, 2.75) is 40.2 Å². The van der Waals surface area contributed by atoms with Crippen molar-refractivity contribution < 1.29 is 14.5 Å². The van der Waals surface area contributed by atoms with Crippen molar-refractivity contribution in [1.82, 2.24) is 0 Å². The Morgan fingerprint density at radius 2 is 1.96 bits per heavy atom. The minimum atomic E-state index is -0.681. The molecule has 1 N–H and O–H groups in total. The van der Waals surface area contributed by atoms with Crippen molar-refractivity contribution in [3.05, 3.63) is 63.2 Å². The number of aryl methyl sites for hydroxylation is 2. The van der Waals surface area contributed by atoms with Gasteiger partial charge in [0.2, 0.25) is 0 Å². The predicted octanol–water partition coefficient (Wildman–Crippen LogP) is 4.32. The first kappa shape index (κ1) is 18.4. The molecule has 0 aliphatic carbocycles. The van der Waals surface area contributed by atoms with Crippen LogP contribution in [0.15, 0.2) is 36.4 Å². The molecule has 25 heavy (non-hydrogen) atoms. The van der Waals surface area contributed by atoms with Crippen LogP contribution in [-0.4, -0.2) is 16.9 Å². The lowest BCUT2D eigenvalue weighted by Crippen LogP contribution is -2.32. The molecular formula is C19H22N2O4. The Hall–Kier alpha value is -2.89. The van der Waals surface area contributed by atoms with E-state index in [9.17, 15) is 14.9 Å². The van der Waals surface area contributed by atoms with E-state index in [0.29, 0.717) is 23.4 Å². The van der Waals surface area contributed by atoms with Crippen LogP contribution in [0.25, 0.3) is 0 Å². The quantitative estimate of drug-likeness (QED) is 0.626. The topological polar surface area (TPSA) is 81.5 Å². The van der Waals surface area contributed by atoms with Gasteiger partial charge in [0.15, 0.2) is 6.10 Å². The molecule has 6 nitrogen and oxygen atoms in total. The highest BCUT2D eigenvalue weighted by molar-refractivity contribution is 5.95. The molecule has 6 heteroatoms. The van der Waals surface area contributed by atoms with Crippen molar-refractivity contribution in [1.29, 1.82) is 0 Å². The Labute approximate surface area is 147 Å². The lowest BCUT2D eigenvalue weighted by atomic mass is 10.1. The number of nitro groups is 1. The van der Waals surface area contributed by atoms with Crippen LogP contribution in [0.5, 0.6) is 5.75 Å². The number of hydrogen-bond acceptors (Lipinski definition) is 4. The van der Waals surface area contributed by atoms with E-state index in [2.05, 4.69) is 5.32 Å². The van der Waals surface area contributed by atoms with E-state index >= 15 is 0 Å². The standard InChI is InChI=1S/C19H22N2O4/c1-5-17(25-18-11-12(2)9-10-13(18)3)19(22)20-15-7-6-8-16(14(15)4)21(23)24/h6-11,17H,5H2,1-4H3,(H,20,22)/t17-/m0/s1. The second-order valence-corrected chi connectivity index (χ2v) is 5.98. The van der Waals surface area contributed by atoms with E-state index in [1.165, 1.54) is 6.07 Å². The predicted molar refractivity (Wildman–Crippen MR) is 97.1 cm³/mol. The summed E-state index contributed by atoms with van der Waals surface area (Å²) in [4.78, 5) is 23.1. The van der Waals surface area contributed by atoms with Crippen LogP contribution in [0.3, 0.4) is 0 Å². The monoisotopic (exact) mass is 342 g/mol. The van der Waals surface area contributed by atoms with Gasteiger partial charge in [0.05, 0.1) is 16.2 Å². The van der Waals surface area contributed by atoms with Crippen LogP contribution >= 0.6 is 0 Å². The number of nitro benzene ring substituents is 1. The minimum absolute atomic E-state index is 0.0266. The number of amides is 1. The highest BCUT2D eigenvalue weighted by Gasteiger charge is 2.22. The SMILES string of the molecule is CC[C@H](Oc1cc(C)ccc1C)C(=O)Nc1cccc([N+](=O)[O-])c1C. The first-order chi connectivity index (χ1) is 11.8. The van der Waals surface area contributed by atoms with Crippen LogP contribution in [-0.2, 0) is 4.79 Å². The molecule has 0 fully saturated rings. The average molecular weight is 342 g/mol. The van der Waals surface area contributed by atoms with Crippen molar-refractivity contribution >= 4 is 17.3 Å². The van der Waals surface area contributed by atoms with Gasteiger partial charge in [0.25, 0.3) is 11.6 Å². The molecule has 2 aromatic carbocycles. The number of carbonyl (C=O) groups is 1. The van der Waals surface area contributed by atoms with Gasteiger partial charge in [-0.15, -0.1) is 0 Å². The van der Waals surface area contributed by atoms with Crippen LogP contribution in [0.4, 0.5) is 11.4 Å². The van der Waals surface area contributed by atoms with Crippen LogP contribution in [0.1, 0.15) is 30.0 Å². The van der Waals surface area contributed by atoms with Gasteiger partial charge in [-0.1, -0.05) is 25.1 Å². The van der Waals surface area contributed by atoms with Gasteiger partial charge in [-0.3, -0.25) is 14.9 Å². The molecule has 0 saturated carbocycles. The first-order valence-corrected chi connectivity index (χ1v) is 8.12. The molecule has 0 aliphatic rings. The van der Waals surface area contributed by atoms with Crippen LogP contribution in [0, 0.1) is 30.9 Å². The number of anilines is 1. The Kier molecular flexibility index (Phi) is 5.75. The second-order valence-electron chi connectivity index (χ2n) is 5.98. The molecule has 0 aliphatic heterocycles. The summed E-state index contributed by atoms with van der Waals surface area (Å²) >= 11 is 0. The van der Waals surface area contributed by atoms with Crippen molar-refractivity contribution in [3.63, 3.8) is 0 Å². The summed E-state index contributed by atoms with van der Waals surface area (Å²) in [7, 11) is 0. The molecule has 0 spiro atoms. The second kappa shape index (κ2) is 7.79. The molecule has 132 valence electrons. The van der Waals surface area contributed by atoms with E-state index in [4.69, 9.17) is 4.74 Å². The van der Waals surface area contributed by atoms with Gasteiger partial charge in [0.1, 0.15) is 5.75 Å². The summed E-state index contributed by atoms with van der Waals surface area (Å²) in [5.74, 6) is 0.338. The van der Waals surface area contributed by atoms with E-state index in [1.54, 1.807) is 19.1 Å². The maximum absolute atomic E-state index is 12.6. The minimum Gasteiger partial charge on any atom is -0.480 e. The fourth-order valence-corrected chi connectivity index (χ4v) is 2.48. The Morgan fingerprint density at radius 1 is 1.24 bits per heavy atom. The molecule has 0 unspecified atom stereocenters. The fraction of sp³-hybridized carbons (Fsp3) is 0.316. The number of rotatable bonds is 6. The van der Waals surface area contributed by atoms with Crippen molar-refractivity contribution in [2.24, 2.45) is 0 Å². The summed E-state index contributed by atoms with van der Waals surface area (Å²) < 4.78 is 5.88. The Morgan fingerprint density at radius 3 is 2.60 bits per heavy atom. The third-order valence-corrected chi connectivity index (χ3v) is 4.04. The smallest absolute Gasteiger partial charge is 0.274 e. The molecule has 0 bridgehead atoms. The summed E-state index contributed by atoms with van der Waals surface area (Å²) in [6.45, 7) is 7.35. The largest absolute Gasteiger partial charge is 0.480 e. The van der Waals surface area contributed by atoms with Gasteiger partial charge < -0.3 is 10.1 Å². The normalized spacial score (nSPS) is 11.7. The zero-order valence-corrected chi connectivity index (χ0v) is 14.8. The van der Waals surface area contributed by atoms with Gasteiger partial charge in [-0.25, -0.2) is 0 Å². The number of ether oxygens (including phenoxy) is 1. The molecular weight excluding hydrogens is 320 g/mol. The number of nitrogens with one attached hydrogen (secondary N) is 1. The molecule has 0 aromatic heterocycles. The maximum Gasteiger partial charge on any atom is 0.274 e. The number of carbonyl (C=O) groups excluding carboxylic acids is 1. The van der Waals surface area contributed by atoms with Gasteiger partial charge in [-0.05, 0) is 50.5 Å². The molecule has 0 heterocycles. The van der Waals surface area contributed by atoms with Gasteiger partial charge in [0, 0.05) is 6.07 Å². The Bertz CT molecular complexity index is 802. The Balaban J connectivity index is 2.19. The highest BCUT2D eigenvalue weighted by atomic mass is 16.6. The zero-order chi connectivity index (χ0) is 18.6. The van der Waals surface area contributed by atoms with Crippen LogP contribution in [0.2, 0.25) is 0 Å². The third-order valence-electron chi connectivity index (χ3n) is 4.04. The lowest BCUT2D eigenvalue weighted by Gasteiger charge is -2.19. The van der Waals surface area contributed by atoms with E-state index in [1.807, 2.05) is 39.0 Å². The average Bonchev–Trinajstić information content (AvgIpc) is 2.57. The van der Waals surface area contributed by atoms with Crippen LogP contribution < -0.4 is 10.1 Å². The number of benzene rings is 2. The molecule has 2 rings (SSSR count). The van der Waals surface area contributed by atoms with E-state index in [0.717, 1.165) is 11.1 Å². The highest BCUT2D eigenvalue weighted by Crippen LogP contribution is 2.26. The van der Waals surface area contributed by atoms with Gasteiger partial charge in [-0.2, -0.15) is 0 Å². The first-order valence-electron chi connectivity index (χ1n) is 8.12. The third kappa shape index (κ3) is 4.35. The summed E-state index contributed by atoms with van der Waals surface area (Å²) in [5.41, 5.74) is 2.81. The lowest BCUT2D eigenvalue weighted by molar-refractivity contribution is -0.385. The zero-order valence-electron chi connectivity index (χ0n) is 14.8. The van der Waals surface area contributed by atoms with E-state index < -0.39 is 11.0 Å². The molecule has 1 amide bonds. The van der Waals surface area contributed by atoms with Crippen molar-refractivity contribution in [3.8, 4) is 5.75 Å². The number of nitrogens with zero attached hydrogens (tertiary/aromatic N) is 1. The molecule has 0 radical (unpaired) electrons. The molecule has 0 saturated heterocycles. The fourth-order valence-electron chi connectivity index (χ4n) is 2.48. The summed E-state index contributed by atoms with van der Waals surface area (Å²) in [6.07, 6.45) is -0.202.